The Balaban J connectivity index is 1.59. The highest BCUT2D eigenvalue weighted by molar-refractivity contribution is 4.97. The van der Waals surface area contributed by atoms with Crippen LogP contribution in [-0.4, -0.2) is 47.8 Å². The molecule has 110 valence electrons. The Bertz CT molecular complexity index is 323. The molecule has 0 aromatic heterocycles. The second-order valence-electron chi connectivity index (χ2n) is 7.67. The molecule has 1 spiro atoms. The standard InChI is InChI=1S/C16H30N2O/c1-13-10-18(15(2,3)12-17-13)11-14-6-9-16(19-14)7-4-5-8-16/h13-14,17H,4-12H2,1-3H3. The molecule has 0 aromatic rings. The molecule has 1 saturated carbocycles. The van der Waals surface area contributed by atoms with Gasteiger partial charge in [0.25, 0.3) is 0 Å². The molecule has 1 aliphatic carbocycles. The van der Waals surface area contributed by atoms with Crippen molar-refractivity contribution in [2.24, 2.45) is 0 Å². The van der Waals surface area contributed by atoms with Gasteiger partial charge >= 0.3 is 0 Å². The summed E-state index contributed by atoms with van der Waals surface area (Å²) in [7, 11) is 0. The Kier molecular flexibility index (Phi) is 3.65. The Morgan fingerprint density at radius 3 is 2.68 bits per heavy atom. The smallest absolute Gasteiger partial charge is 0.0710 e. The summed E-state index contributed by atoms with van der Waals surface area (Å²) in [5.41, 5.74) is 0.551. The summed E-state index contributed by atoms with van der Waals surface area (Å²) in [5, 5.41) is 3.59. The number of nitrogens with zero attached hydrogens (tertiary/aromatic N) is 1. The highest BCUT2D eigenvalue weighted by atomic mass is 16.5. The average molecular weight is 266 g/mol. The molecule has 0 amide bonds. The highest BCUT2D eigenvalue weighted by Gasteiger charge is 2.44. The zero-order chi connectivity index (χ0) is 13.5. The van der Waals surface area contributed by atoms with E-state index in [1.807, 2.05) is 0 Å². The summed E-state index contributed by atoms with van der Waals surface area (Å²) in [4.78, 5) is 2.65. The van der Waals surface area contributed by atoms with Gasteiger partial charge in [-0.25, -0.2) is 0 Å². The van der Waals surface area contributed by atoms with Crippen LogP contribution in [0, 0.1) is 0 Å². The molecule has 2 saturated heterocycles. The molecule has 3 aliphatic rings. The van der Waals surface area contributed by atoms with Crippen LogP contribution in [0.4, 0.5) is 0 Å². The van der Waals surface area contributed by atoms with E-state index in [2.05, 4.69) is 31.0 Å². The fourth-order valence-corrected chi connectivity index (χ4v) is 4.16. The molecule has 3 rings (SSSR count). The maximum atomic E-state index is 6.48. The van der Waals surface area contributed by atoms with Crippen LogP contribution in [0.1, 0.15) is 59.3 Å². The molecule has 2 unspecified atom stereocenters. The van der Waals surface area contributed by atoms with Crippen LogP contribution in [0.15, 0.2) is 0 Å². The van der Waals surface area contributed by atoms with Crippen LogP contribution in [0.25, 0.3) is 0 Å². The van der Waals surface area contributed by atoms with E-state index in [0.717, 1.165) is 19.6 Å². The van der Waals surface area contributed by atoms with Crippen LogP contribution < -0.4 is 5.32 Å². The van der Waals surface area contributed by atoms with Gasteiger partial charge in [-0.15, -0.1) is 0 Å². The molecule has 3 heteroatoms. The molecule has 2 atom stereocenters. The third-order valence-corrected chi connectivity index (χ3v) is 5.51. The molecule has 3 fully saturated rings. The monoisotopic (exact) mass is 266 g/mol. The number of ether oxygens (including phenoxy) is 1. The van der Waals surface area contributed by atoms with E-state index in [1.165, 1.54) is 38.5 Å². The minimum absolute atomic E-state index is 0.265. The number of rotatable bonds is 2. The highest BCUT2D eigenvalue weighted by Crippen LogP contribution is 2.43. The molecular formula is C16H30N2O. The van der Waals surface area contributed by atoms with E-state index in [1.54, 1.807) is 0 Å². The summed E-state index contributed by atoms with van der Waals surface area (Å²) < 4.78 is 6.48. The lowest BCUT2D eigenvalue weighted by Crippen LogP contribution is -2.62. The van der Waals surface area contributed by atoms with E-state index in [0.29, 0.717) is 12.1 Å². The molecule has 0 radical (unpaired) electrons. The largest absolute Gasteiger partial charge is 0.370 e. The third kappa shape index (κ3) is 2.84. The van der Waals surface area contributed by atoms with Crippen molar-refractivity contribution >= 4 is 0 Å². The lowest BCUT2D eigenvalue weighted by atomic mass is 9.96. The van der Waals surface area contributed by atoms with Crippen LogP contribution in [0.2, 0.25) is 0 Å². The summed E-state index contributed by atoms with van der Waals surface area (Å²) in [6.45, 7) is 10.4. The van der Waals surface area contributed by atoms with E-state index in [-0.39, 0.29) is 11.1 Å². The van der Waals surface area contributed by atoms with Crippen LogP contribution in [-0.2, 0) is 4.74 Å². The molecule has 0 bridgehead atoms. The first-order chi connectivity index (χ1) is 8.99. The molecular weight excluding hydrogens is 236 g/mol. The van der Waals surface area contributed by atoms with Crippen molar-refractivity contribution in [2.75, 3.05) is 19.6 Å². The maximum absolute atomic E-state index is 6.48. The second-order valence-corrected chi connectivity index (χ2v) is 7.67. The van der Waals surface area contributed by atoms with Crippen LogP contribution in [0.5, 0.6) is 0 Å². The van der Waals surface area contributed by atoms with Gasteiger partial charge in [-0.05, 0) is 46.5 Å². The SMILES string of the molecule is CC1CN(CC2CCC3(CCCC3)O2)C(C)(C)CN1. The minimum Gasteiger partial charge on any atom is -0.370 e. The first-order valence-electron chi connectivity index (χ1n) is 8.15. The predicted molar refractivity (Wildman–Crippen MR) is 78.4 cm³/mol. The number of nitrogens with one attached hydrogen (secondary N) is 1. The predicted octanol–water partition coefficient (Wildman–Crippen LogP) is 2.55. The lowest BCUT2D eigenvalue weighted by molar-refractivity contribution is -0.0630. The Labute approximate surface area is 118 Å². The van der Waals surface area contributed by atoms with Gasteiger partial charge in [-0.1, -0.05) is 12.8 Å². The normalized spacial score (nSPS) is 38.1. The van der Waals surface area contributed by atoms with Crippen molar-refractivity contribution in [2.45, 2.75) is 82.6 Å². The topological polar surface area (TPSA) is 24.5 Å². The molecule has 2 heterocycles. The molecule has 0 aromatic carbocycles. The maximum Gasteiger partial charge on any atom is 0.0710 e. The average Bonchev–Trinajstić information content (AvgIpc) is 2.96. The lowest BCUT2D eigenvalue weighted by Gasteiger charge is -2.46. The van der Waals surface area contributed by atoms with Gasteiger partial charge in [-0.3, -0.25) is 4.90 Å². The third-order valence-electron chi connectivity index (χ3n) is 5.51. The van der Waals surface area contributed by atoms with E-state index in [4.69, 9.17) is 4.74 Å². The summed E-state index contributed by atoms with van der Waals surface area (Å²) in [5.74, 6) is 0. The fourth-order valence-electron chi connectivity index (χ4n) is 4.16. The van der Waals surface area contributed by atoms with E-state index in [9.17, 15) is 0 Å². The molecule has 3 nitrogen and oxygen atoms in total. The summed E-state index contributed by atoms with van der Waals surface area (Å²) >= 11 is 0. The van der Waals surface area contributed by atoms with Gasteiger partial charge in [0.15, 0.2) is 0 Å². The number of piperazine rings is 1. The Hall–Kier alpha value is -0.120. The molecule has 19 heavy (non-hydrogen) atoms. The Morgan fingerprint density at radius 2 is 1.95 bits per heavy atom. The quantitative estimate of drug-likeness (QED) is 0.831. The number of hydrogen-bond acceptors (Lipinski definition) is 3. The number of hydrogen-bond donors (Lipinski definition) is 1. The minimum atomic E-state index is 0.265. The molecule has 1 N–H and O–H groups in total. The van der Waals surface area contributed by atoms with Crippen LogP contribution >= 0.6 is 0 Å². The fraction of sp³-hybridized carbons (Fsp3) is 1.00. The first kappa shape index (κ1) is 13.8. The summed E-state index contributed by atoms with van der Waals surface area (Å²) in [6, 6.07) is 0.606. The van der Waals surface area contributed by atoms with E-state index < -0.39 is 0 Å². The van der Waals surface area contributed by atoms with Crippen molar-refractivity contribution in [3.05, 3.63) is 0 Å². The summed E-state index contributed by atoms with van der Waals surface area (Å²) in [6.07, 6.45) is 8.43. The van der Waals surface area contributed by atoms with Crippen LogP contribution in [0.3, 0.4) is 0 Å². The second kappa shape index (κ2) is 5.01. The zero-order valence-electron chi connectivity index (χ0n) is 12.9. The van der Waals surface area contributed by atoms with Crippen molar-refractivity contribution < 1.29 is 4.74 Å². The van der Waals surface area contributed by atoms with Gasteiger partial charge in [0.2, 0.25) is 0 Å². The van der Waals surface area contributed by atoms with Crippen molar-refractivity contribution in [1.82, 2.24) is 10.2 Å². The van der Waals surface area contributed by atoms with E-state index >= 15 is 0 Å². The van der Waals surface area contributed by atoms with Crippen molar-refractivity contribution in [3.8, 4) is 0 Å². The van der Waals surface area contributed by atoms with Gasteiger partial charge < -0.3 is 10.1 Å². The van der Waals surface area contributed by atoms with Gasteiger partial charge in [0.05, 0.1) is 11.7 Å². The Morgan fingerprint density at radius 1 is 1.21 bits per heavy atom. The van der Waals surface area contributed by atoms with Crippen molar-refractivity contribution in [3.63, 3.8) is 0 Å². The first-order valence-corrected chi connectivity index (χ1v) is 8.15. The molecule has 2 aliphatic heterocycles. The zero-order valence-corrected chi connectivity index (χ0v) is 12.9. The van der Waals surface area contributed by atoms with Gasteiger partial charge in [0, 0.05) is 31.2 Å². The van der Waals surface area contributed by atoms with Gasteiger partial charge in [0.1, 0.15) is 0 Å². The van der Waals surface area contributed by atoms with Crippen molar-refractivity contribution in [1.29, 1.82) is 0 Å². The van der Waals surface area contributed by atoms with Gasteiger partial charge in [-0.2, -0.15) is 0 Å².